The Kier molecular flexibility index (Phi) is 8.42. The van der Waals surface area contributed by atoms with Crippen molar-refractivity contribution in [2.24, 2.45) is 0 Å². The maximum atomic E-state index is 13.7. The summed E-state index contributed by atoms with van der Waals surface area (Å²) in [6, 6.07) is 5.24. The molecule has 0 radical (unpaired) electrons. The van der Waals surface area contributed by atoms with E-state index in [0.717, 1.165) is 0 Å². The maximum absolute atomic E-state index is 13.7. The number of methoxy groups -OCH3 is 2. The SMILES string of the molecule is COC(=O)C1=C(C(=O)OC)N(c2c(C)cccc2C(=O)N2CCN(C(=O)OC(C)(C)C)CC2)C=CC=C1. The molecular weight excluding hydrogens is 478 g/mol. The van der Waals surface area contributed by atoms with Crippen LogP contribution in [0, 0.1) is 6.92 Å². The van der Waals surface area contributed by atoms with Crippen molar-refractivity contribution in [2.45, 2.75) is 33.3 Å². The molecule has 10 nitrogen and oxygen atoms in total. The van der Waals surface area contributed by atoms with Gasteiger partial charge in [-0.2, -0.15) is 0 Å². The summed E-state index contributed by atoms with van der Waals surface area (Å²) >= 11 is 0. The quantitative estimate of drug-likeness (QED) is 0.448. The lowest BCUT2D eigenvalue weighted by molar-refractivity contribution is -0.139. The van der Waals surface area contributed by atoms with Gasteiger partial charge in [0.25, 0.3) is 5.91 Å². The number of nitrogens with zero attached hydrogens (tertiary/aromatic N) is 3. The summed E-state index contributed by atoms with van der Waals surface area (Å²) < 4.78 is 15.3. The Morgan fingerprint density at radius 3 is 2.08 bits per heavy atom. The van der Waals surface area contributed by atoms with Crippen LogP contribution >= 0.6 is 0 Å². The number of ether oxygens (including phenoxy) is 3. The van der Waals surface area contributed by atoms with Crippen LogP contribution < -0.4 is 4.90 Å². The van der Waals surface area contributed by atoms with Gasteiger partial charge in [-0.3, -0.25) is 4.79 Å². The highest BCUT2D eigenvalue weighted by Crippen LogP contribution is 2.33. The minimum absolute atomic E-state index is 0.00743. The normalized spacial score (nSPS) is 15.9. The number of allylic oxidation sites excluding steroid dienone is 2. The average Bonchev–Trinajstić information content (AvgIpc) is 3.09. The second-order valence-electron chi connectivity index (χ2n) is 9.55. The van der Waals surface area contributed by atoms with Crippen molar-refractivity contribution in [1.82, 2.24) is 9.80 Å². The predicted molar refractivity (Wildman–Crippen MR) is 137 cm³/mol. The number of carbonyl (C=O) groups is 4. The monoisotopic (exact) mass is 511 g/mol. The minimum Gasteiger partial charge on any atom is -0.465 e. The fourth-order valence-electron chi connectivity index (χ4n) is 4.08. The van der Waals surface area contributed by atoms with E-state index >= 15 is 0 Å². The fraction of sp³-hybridized carbons (Fsp3) is 0.407. The largest absolute Gasteiger partial charge is 0.465 e. The molecular formula is C27H33N3O7. The van der Waals surface area contributed by atoms with Crippen LogP contribution in [0.5, 0.6) is 0 Å². The molecule has 2 aliphatic heterocycles. The Hall–Kier alpha value is -4.08. The maximum Gasteiger partial charge on any atom is 0.410 e. The molecule has 0 unspecified atom stereocenters. The highest BCUT2D eigenvalue weighted by Gasteiger charge is 2.33. The Morgan fingerprint density at radius 2 is 1.49 bits per heavy atom. The van der Waals surface area contributed by atoms with Gasteiger partial charge < -0.3 is 28.9 Å². The first-order valence-electron chi connectivity index (χ1n) is 11.9. The summed E-state index contributed by atoms with van der Waals surface area (Å²) in [4.78, 5) is 56.3. The molecule has 37 heavy (non-hydrogen) atoms. The fourth-order valence-corrected chi connectivity index (χ4v) is 4.08. The summed E-state index contributed by atoms with van der Waals surface area (Å²) in [5.74, 6) is -1.74. The number of carbonyl (C=O) groups excluding carboxylic acids is 4. The molecule has 1 aromatic rings. The van der Waals surface area contributed by atoms with E-state index in [0.29, 0.717) is 43.0 Å². The molecule has 1 fully saturated rings. The molecule has 0 saturated carbocycles. The number of amides is 2. The van der Waals surface area contributed by atoms with Crippen molar-refractivity contribution >= 4 is 29.6 Å². The smallest absolute Gasteiger partial charge is 0.410 e. The third-order valence-electron chi connectivity index (χ3n) is 5.82. The van der Waals surface area contributed by atoms with E-state index in [9.17, 15) is 19.2 Å². The zero-order valence-corrected chi connectivity index (χ0v) is 22.1. The van der Waals surface area contributed by atoms with Gasteiger partial charge >= 0.3 is 18.0 Å². The summed E-state index contributed by atoms with van der Waals surface area (Å²) in [5, 5.41) is 0. The lowest BCUT2D eigenvalue weighted by atomic mass is 10.0. The van der Waals surface area contributed by atoms with Crippen LogP contribution in [0.25, 0.3) is 0 Å². The third-order valence-corrected chi connectivity index (χ3v) is 5.82. The summed E-state index contributed by atoms with van der Waals surface area (Å²) in [5.41, 5.74) is 0.788. The predicted octanol–water partition coefficient (Wildman–Crippen LogP) is 3.18. The van der Waals surface area contributed by atoms with Gasteiger partial charge in [0.15, 0.2) is 0 Å². The van der Waals surface area contributed by atoms with E-state index in [4.69, 9.17) is 14.2 Å². The van der Waals surface area contributed by atoms with Crippen molar-refractivity contribution in [1.29, 1.82) is 0 Å². The number of piperazine rings is 1. The Labute approximate surface area is 216 Å². The van der Waals surface area contributed by atoms with Crippen LogP contribution in [0.1, 0.15) is 36.7 Å². The van der Waals surface area contributed by atoms with E-state index in [2.05, 4.69) is 0 Å². The first kappa shape index (κ1) is 27.5. The third kappa shape index (κ3) is 6.19. The molecule has 0 N–H and O–H groups in total. The second-order valence-corrected chi connectivity index (χ2v) is 9.55. The Morgan fingerprint density at radius 1 is 0.865 bits per heavy atom. The number of aryl methyl sites for hydroxylation is 1. The van der Waals surface area contributed by atoms with Crippen LogP contribution in [0.15, 0.2) is 53.9 Å². The van der Waals surface area contributed by atoms with Crippen LogP contribution in [0.3, 0.4) is 0 Å². The highest BCUT2D eigenvalue weighted by molar-refractivity contribution is 6.08. The van der Waals surface area contributed by atoms with Gasteiger partial charge in [-0.1, -0.05) is 18.2 Å². The van der Waals surface area contributed by atoms with Crippen molar-refractivity contribution in [3.05, 3.63) is 65.0 Å². The van der Waals surface area contributed by atoms with E-state index < -0.39 is 23.6 Å². The molecule has 0 atom stereocenters. The van der Waals surface area contributed by atoms with E-state index in [1.54, 1.807) is 61.1 Å². The molecule has 2 amide bonds. The Bertz CT molecular complexity index is 1170. The number of esters is 2. The molecule has 2 heterocycles. The van der Waals surface area contributed by atoms with Gasteiger partial charge in [0.2, 0.25) is 0 Å². The summed E-state index contributed by atoms with van der Waals surface area (Å²) in [6.45, 7) is 8.51. The van der Waals surface area contributed by atoms with Crippen molar-refractivity contribution in [2.75, 3.05) is 45.3 Å². The number of rotatable bonds is 4. The van der Waals surface area contributed by atoms with Crippen molar-refractivity contribution in [3.63, 3.8) is 0 Å². The van der Waals surface area contributed by atoms with Gasteiger partial charge in [0, 0.05) is 32.4 Å². The Balaban J connectivity index is 1.96. The molecule has 0 spiro atoms. The number of hydrogen-bond donors (Lipinski definition) is 0. The lowest BCUT2D eigenvalue weighted by Gasteiger charge is -2.36. The molecule has 0 bridgehead atoms. The average molecular weight is 512 g/mol. The van der Waals surface area contributed by atoms with Crippen LogP contribution in [-0.4, -0.2) is 79.7 Å². The van der Waals surface area contributed by atoms with E-state index in [1.807, 2.05) is 13.0 Å². The number of anilines is 1. The molecule has 2 aliphatic rings. The highest BCUT2D eigenvalue weighted by atomic mass is 16.6. The van der Waals surface area contributed by atoms with Gasteiger partial charge in [0.1, 0.15) is 11.3 Å². The second kappa shape index (κ2) is 11.3. The summed E-state index contributed by atoms with van der Waals surface area (Å²) in [6.07, 6.45) is 5.90. The molecule has 0 aromatic heterocycles. The molecule has 198 valence electrons. The number of hydrogen-bond acceptors (Lipinski definition) is 8. The molecule has 10 heteroatoms. The van der Waals surface area contributed by atoms with Crippen LogP contribution in [-0.2, 0) is 23.8 Å². The van der Waals surface area contributed by atoms with Gasteiger partial charge in [-0.25, -0.2) is 14.4 Å². The van der Waals surface area contributed by atoms with Crippen LogP contribution in [0.4, 0.5) is 10.5 Å². The zero-order chi connectivity index (χ0) is 27.3. The number of benzene rings is 1. The van der Waals surface area contributed by atoms with E-state index in [-0.39, 0.29) is 17.2 Å². The lowest BCUT2D eigenvalue weighted by Crippen LogP contribution is -2.51. The van der Waals surface area contributed by atoms with Gasteiger partial charge in [0.05, 0.1) is 31.0 Å². The molecule has 1 aromatic carbocycles. The summed E-state index contributed by atoms with van der Waals surface area (Å²) in [7, 11) is 2.44. The standard InChI is InChI=1S/C27H33N3O7/c1-18-10-9-12-19(23(31)28-14-16-29(17-15-28)26(34)37-27(2,3)4)21(18)30-13-8-7-11-20(24(32)35-5)22(30)25(33)36-6/h7-13H,14-17H2,1-6H3. The minimum atomic E-state index is -0.760. The number of para-hydroxylation sites is 1. The van der Waals surface area contributed by atoms with Crippen LogP contribution in [0.2, 0.25) is 0 Å². The first-order chi connectivity index (χ1) is 17.5. The van der Waals surface area contributed by atoms with Crippen molar-refractivity contribution < 1.29 is 33.4 Å². The molecule has 3 rings (SSSR count). The zero-order valence-electron chi connectivity index (χ0n) is 22.1. The molecule has 1 saturated heterocycles. The van der Waals surface area contributed by atoms with E-state index in [1.165, 1.54) is 25.2 Å². The van der Waals surface area contributed by atoms with Gasteiger partial charge in [-0.15, -0.1) is 0 Å². The molecule has 0 aliphatic carbocycles. The first-order valence-corrected chi connectivity index (χ1v) is 11.9. The van der Waals surface area contributed by atoms with Crippen molar-refractivity contribution in [3.8, 4) is 0 Å². The van der Waals surface area contributed by atoms with Gasteiger partial charge in [-0.05, 0) is 51.5 Å². The topological polar surface area (TPSA) is 106 Å².